The lowest BCUT2D eigenvalue weighted by Crippen LogP contribution is -2.61. The Kier molecular flexibility index (Phi) is 20.6. The Morgan fingerprint density at radius 3 is 1.34 bits per heavy atom. The van der Waals surface area contributed by atoms with E-state index in [4.69, 9.17) is 70.3 Å². The van der Waals surface area contributed by atoms with Crippen molar-refractivity contribution in [2.24, 2.45) is 32.9 Å². The maximum atomic E-state index is 13.2. The van der Waals surface area contributed by atoms with Crippen LogP contribution in [-0.4, -0.2) is 173 Å². The molecule has 6 amide bonds. The zero-order chi connectivity index (χ0) is 55.6. The first-order valence-electron chi connectivity index (χ1n) is 23.0. The van der Waals surface area contributed by atoms with Crippen LogP contribution in [0.15, 0.2) is 57.9 Å². The average Bonchev–Trinajstić information content (AvgIpc) is 4.01. The van der Waals surface area contributed by atoms with E-state index in [1.54, 1.807) is 24.3 Å². The molecular weight excluding hydrogens is 1020 g/mol. The molecule has 3 unspecified atom stereocenters. The van der Waals surface area contributed by atoms with Gasteiger partial charge in [-0.05, 0) is 23.3 Å². The number of carbonyl (C=O) groups is 10. The third-order valence-corrected chi connectivity index (χ3v) is 11.0. The summed E-state index contributed by atoms with van der Waals surface area (Å²) in [5.74, 6) is -5.77. The van der Waals surface area contributed by atoms with E-state index in [0.717, 1.165) is 14.2 Å². The molecule has 4 aliphatic rings. The number of hydrogen-bond acceptors (Lipinski definition) is 22. The van der Waals surface area contributed by atoms with E-state index in [2.05, 4.69) is 41.9 Å². The van der Waals surface area contributed by atoms with Crippen molar-refractivity contribution < 1.29 is 95.3 Å². The Morgan fingerprint density at radius 1 is 0.618 bits per heavy atom. The van der Waals surface area contributed by atoms with E-state index < -0.39 is 158 Å². The fraction of sp³-hybridized carbons (Fsp3) is 0.500. The number of amides is 6. The molecule has 0 bridgehead atoms. The monoisotopic (exact) mass is 1070 g/mol. The van der Waals surface area contributed by atoms with Crippen molar-refractivity contribution >= 4 is 72.0 Å². The van der Waals surface area contributed by atoms with Gasteiger partial charge >= 0.3 is 36.4 Å². The van der Waals surface area contributed by atoms with Crippen LogP contribution in [0.5, 0.6) is 0 Å². The van der Waals surface area contributed by atoms with Gasteiger partial charge in [-0.2, -0.15) is 0 Å². The van der Waals surface area contributed by atoms with Crippen molar-refractivity contribution in [1.82, 2.24) is 31.9 Å². The Labute approximate surface area is 431 Å². The fourth-order valence-electron chi connectivity index (χ4n) is 7.82. The quantitative estimate of drug-likeness (QED) is 0.0230. The molecule has 4 aliphatic heterocycles. The molecule has 4 heterocycles. The van der Waals surface area contributed by atoms with Crippen LogP contribution in [0.4, 0.5) is 19.2 Å². The number of alkyl carbamates (subject to hydrolysis) is 2. The predicted octanol–water partition coefficient (Wildman–Crippen LogP) is -3.84. The van der Waals surface area contributed by atoms with Crippen molar-refractivity contribution in [2.45, 2.75) is 101 Å². The van der Waals surface area contributed by atoms with Crippen molar-refractivity contribution in [3.8, 4) is 0 Å². The highest BCUT2D eigenvalue weighted by Crippen LogP contribution is 2.31. The molecule has 2 fully saturated rings. The van der Waals surface area contributed by atoms with E-state index in [1.165, 1.54) is 26.0 Å². The second kappa shape index (κ2) is 27.2. The van der Waals surface area contributed by atoms with Gasteiger partial charge < -0.3 is 102 Å². The molecule has 2 saturated heterocycles. The number of carbonyl (C=O) groups excluding carboxylic acids is 10. The Bertz CT molecular complexity index is 2330. The first-order valence-corrected chi connectivity index (χ1v) is 23.0. The van der Waals surface area contributed by atoms with Crippen LogP contribution in [0.3, 0.4) is 0 Å². The van der Waals surface area contributed by atoms with Gasteiger partial charge in [0.1, 0.15) is 13.2 Å². The smallest absolute Gasteiger partial charge is 0.477 e. The van der Waals surface area contributed by atoms with Gasteiger partial charge in [-0.15, -0.1) is 0 Å². The summed E-state index contributed by atoms with van der Waals surface area (Å²) in [5, 5.41) is 15.5. The summed E-state index contributed by atoms with van der Waals surface area (Å²) in [6.07, 6.45) is -11.2. The average molecular weight is 1080 g/mol. The Balaban J connectivity index is 1.10. The van der Waals surface area contributed by atoms with Crippen LogP contribution in [0.2, 0.25) is 0 Å². The second-order valence-corrected chi connectivity index (χ2v) is 16.7. The molecule has 32 heteroatoms. The number of hydrogen-bond donors (Lipinski definition) is 10. The summed E-state index contributed by atoms with van der Waals surface area (Å²) in [4.78, 5) is 134. The molecule has 0 saturated carbocycles. The maximum Gasteiger partial charge on any atom is 0.508 e. The van der Waals surface area contributed by atoms with Gasteiger partial charge in [-0.1, -0.05) is 24.3 Å². The summed E-state index contributed by atoms with van der Waals surface area (Å²) in [5.41, 5.74) is 23.7. The molecule has 1 aromatic rings. The molecule has 32 nitrogen and oxygen atoms in total. The van der Waals surface area contributed by atoms with Gasteiger partial charge in [0, 0.05) is 52.9 Å². The van der Waals surface area contributed by atoms with Crippen LogP contribution in [0, 0.1) is 0 Å². The zero-order valence-electron chi connectivity index (χ0n) is 41.3. The maximum absolute atomic E-state index is 13.2. The molecule has 414 valence electrons. The fourth-order valence-corrected chi connectivity index (χ4v) is 7.82. The first kappa shape index (κ1) is 57.6. The van der Waals surface area contributed by atoms with Crippen molar-refractivity contribution in [3.63, 3.8) is 0 Å². The largest absolute Gasteiger partial charge is 0.508 e. The molecule has 76 heavy (non-hydrogen) atoms. The number of nitrogens with one attached hydrogen (secondary N) is 6. The predicted molar refractivity (Wildman–Crippen MR) is 253 cm³/mol. The number of guanidine groups is 2. The lowest BCUT2D eigenvalue weighted by Gasteiger charge is -2.39. The molecule has 10 atom stereocenters. The number of aliphatic imine (C=N–C) groups is 2. The topological polar surface area (TPSA) is 464 Å². The summed E-state index contributed by atoms with van der Waals surface area (Å²) in [6.45, 7) is 1.09. The van der Waals surface area contributed by atoms with Gasteiger partial charge in [-0.25, -0.2) is 38.8 Å². The first-order chi connectivity index (χ1) is 36.1. The lowest BCUT2D eigenvalue weighted by molar-refractivity contribution is -0.148. The molecular formula is C44H58N12O20. The highest BCUT2D eigenvalue weighted by Gasteiger charge is 2.52. The lowest BCUT2D eigenvalue weighted by atomic mass is 9.92. The molecule has 0 aromatic heterocycles. The van der Waals surface area contributed by atoms with Gasteiger partial charge in [0.05, 0.1) is 38.4 Å². The molecule has 1 aromatic carbocycles. The number of nitrogens with zero attached hydrogens (tertiary/aromatic N) is 2. The van der Waals surface area contributed by atoms with Crippen LogP contribution in [0.1, 0.15) is 37.8 Å². The van der Waals surface area contributed by atoms with E-state index in [-0.39, 0.29) is 39.0 Å². The minimum atomic E-state index is -1.56. The third-order valence-electron chi connectivity index (χ3n) is 11.0. The van der Waals surface area contributed by atoms with E-state index in [0.29, 0.717) is 11.1 Å². The molecule has 0 aliphatic carbocycles. The standard InChI is InChI=1S/C44H58N12O20/c1-19(57)53-31-23(55-39(45)46)13-25(37(61)67-3)71-35(31)33(27-17-69-43(65)73-27)75-41(63)49-10-8-29(59)51-15-21-6-5-7-22(12-21)16-52-30(60)9-11-50-42(64)76-34(28-18-70-44(66)74-28)36-32(54-20(2)58)24(56-40(47)48)14-26(72-36)38(62)68-4/h5-7,12-14,23-24,27-28,31-36H,8-11,15-18H2,1-4H3,(H,49,63)(H,50,64)(H,51,59)(H,52,60)(H,53,57)(H,54,58)(H4,45,46,55)(H4,47,48,56)/t23?,24?,27-,28?,31-,32-,33-,34-,35-,36-/m1/s1. The van der Waals surface area contributed by atoms with Gasteiger partial charge in [-0.3, -0.25) is 19.2 Å². The number of methoxy groups -OCH3 is 2. The van der Waals surface area contributed by atoms with Gasteiger partial charge in [0.15, 0.2) is 48.5 Å². The molecule has 5 rings (SSSR count). The van der Waals surface area contributed by atoms with E-state index in [9.17, 15) is 47.9 Å². The number of rotatable bonds is 22. The molecule has 0 spiro atoms. The van der Waals surface area contributed by atoms with Crippen LogP contribution in [0.25, 0.3) is 0 Å². The zero-order valence-corrected chi connectivity index (χ0v) is 41.3. The Hall–Kier alpha value is -9.26. The number of ether oxygens (including phenoxy) is 10. The minimum absolute atomic E-state index is 0.0443. The number of nitrogens with two attached hydrogens (primary N) is 4. The van der Waals surface area contributed by atoms with Crippen LogP contribution >= 0.6 is 0 Å². The normalized spacial score (nSPS) is 23.0. The number of cyclic esters (lactones) is 4. The third kappa shape index (κ3) is 16.9. The second-order valence-electron chi connectivity index (χ2n) is 16.7. The van der Waals surface area contributed by atoms with Gasteiger partial charge in [0.25, 0.3) is 0 Å². The van der Waals surface area contributed by atoms with Crippen molar-refractivity contribution in [1.29, 1.82) is 0 Å². The summed E-state index contributed by atoms with van der Waals surface area (Å²) < 4.78 is 52.7. The van der Waals surface area contributed by atoms with Crippen molar-refractivity contribution in [2.75, 3.05) is 40.5 Å². The molecule has 0 radical (unpaired) electrons. The molecule has 14 N–H and O–H groups in total. The van der Waals surface area contributed by atoms with E-state index >= 15 is 0 Å². The van der Waals surface area contributed by atoms with E-state index in [1.807, 2.05) is 0 Å². The van der Waals surface area contributed by atoms with Crippen LogP contribution < -0.4 is 54.8 Å². The highest BCUT2D eigenvalue weighted by molar-refractivity contribution is 5.88. The highest BCUT2D eigenvalue weighted by atomic mass is 16.8. The van der Waals surface area contributed by atoms with Crippen LogP contribution in [-0.2, 0) is 89.2 Å². The number of esters is 2. The summed E-state index contributed by atoms with van der Waals surface area (Å²) in [6, 6.07) is 2.12. The summed E-state index contributed by atoms with van der Waals surface area (Å²) in [7, 11) is 2.15. The van der Waals surface area contributed by atoms with Gasteiger partial charge in [0.2, 0.25) is 35.1 Å². The van der Waals surface area contributed by atoms with Crippen molar-refractivity contribution in [3.05, 3.63) is 59.1 Å². The minimum Gasteiger partial charge on any atom is -0.477 e. The SMILES string of the molecule is COC(=O)C1=CC(N=C(N)N)[C@@H](NC(C)=O)[C@H]([C@H](OC(=O)NCCC(=O)NCc2cccc(CNC(=O)CCNC(=O)O[C@@H]([C@@H]3OC(C(=O)OC)=CC(N=C(N)N)[C@H]3NC(C)=O)[C@H]3COC(=O)O3)c2)C2COC(=O)O2)O1. The Morgan fingerprint density at radius 2 is 1.01 bits per heavy atom. The summed E-state index contributed by atoms with van der Waals surface area (Å²) >= 11 is 0. The number of benzene rings is 1.